The van der Waals surface area contributed by atoms with Crippen LogP contribution in [0.15, 0.2) is 48.5 Å². The van der Waals surface area contributed by atoms with Gasteiger partial charge in [0.15, 0.2) is 0 Å². The van der Waals surface area contributed by atoms with E-state index in [1.807, 2.05) is 30.3 Å². The van der Waals surface area contributed by atoms with Crippen LogP contribution in [-0.2, 0) is 6.42 Å². The van der Waals surface area contributed by atoms with Crippen LogP contribution in [0.1, 0.15) is 29.2 Å². The van der Waals surface area contributed by atoms with Gasteiger partial charge in [0.05, 0.1) is 6.10 Å². The molecule has 0 aliphatic carbocycles. The third-order valence-electron chi connectivity index (χ3n) is 3.05. The van der Waals surface area contributed by atoms with Crippen molar-refractivity contribution in [3.05, 3.63) is 70.2 Å². The van der Waals surface area contributed by atoms with E-state index >= 15 is 0 Å². The van der Waals surface area contributed by atoms with Crippen molar-refractivity contribution in [1.82, 2.24) is 0 Å². The maximum atomic E-state index is 10.1. The lowest BCUT2D eigenvalue weighted by Crippen LogP contribution is -2.00. The van der Waals surface area contributed by atoms with Crippen molar-refractivity contribution in [2.75, 3.05) is 0 Å². The van der Waals surface area contributed by atoms with Crippen molar-refractivity contribution in [1.29, 1.82) is 0 Å². The zero-order chi connectivity index (χ0) is 13.0. The predicted octanol–water partition coefficient (Wildman–Crippen LogP) is 4.31. The Morgan fingerprint density at radius 3 is 2.61 bits per heavy atom. The van der Waals surface area contributed by atoms with Gasteiger partial charge in [-0.1, -0.05) is 59.6 Å². The average Bonchev–Trinajstić information content (AvgIpc) is 2.37. The highest BCUT2D eigenvalue weighted by Gasteiger charge is 2.10. The molecule has 0 aromatic heterocycles. The predicted molar refractivity (Wildman–Crippen MR) is 75.9 cm³/mol. The van der Waals surface area contributed by atoms with Crippen molar-refractivity contribution < 1.29 is 5.11 Å². The molecule has 0 bridgehead atoms. The first-order chi connectivity index (χ1) is 8.66. The van der Waals surface area contributed by atoms with Gasteiger partial charge in [-0.25, -0.2) is 0 Å². The lowest BCUT2D eigenvalue weighted by molar-refractivity contribution is 0.168. The van der Waals surface area contributed by atoms with Crippen molar-refractivity contribution in [3.8, 4) is 0 Å². The quantitative estimate of drug-likeness (QED) is 0.868. The number of aliphatic hydroxyl groups excluding tert-OH is 1. The Morgan fingerprint density at radius 1 is 1.11 bits per heavy atom. The van der Waals surface area contributed by atoms with E-state index in [4.69, 9.17) is 11.6 Å². The second-order valence-corrected chi connectivity index (χ2v) is 4.97. The molecule has 2 rings (SSSR count). The first-order valence-electron chi connectivity index (χ1n) is 6.15. The molecular formula is C16H17ClO. The van der Waals surface area contributed by atoms with Crippen molar-refractivity contribution >= 4 is 11.6 Å². The molecule has 0 spiro atoms. The molecule has 0 amide bonds. The van der Waals surface area contributed by atoms with Gasteiger partial charge in [-0.05, 0) is 37.0 Å². The second kappa shape index (κ2) is 6.03. The van der Waals surface area contributed by atoms with Gasteiger partial charge in [-0.2, -0.15) is 0 Å². The molecule has 2 aromatic rings. The summed E-state index contributed by atoms with van der Waals surface area (Å²) >= 11 is 6.07. The standard InChI is InChI=1S/C16H17ClO/c1-12-5-4-6-13(11-12)9-10-16(18)14-7-2-3-8-15(14)17/h2-8,11,16,18H,9-10H2,1H3. The zero-order valence-corrected chi connectivity index (χ0v) is 11.2. The van der Waals surface area contributed by atoms with Gasteiger partial charge in [0.2, 0.25) is 0 Å². The molecule has 18 heavy (non-hydrogen) atoms. The van der Waals surface area contributed by atoms with Gasteiger partial charge in [-0.3, -0.25) is 0 Å². The zero-order valence-electron chi connectivity index (χ0n) is 10.4. The molecule has 94 valence electrons. The van der Waals surface area contributed by atoms with Gasteiger partial charge in [0.1, 0.15) is 0 Å². The van der Waals surface area contributed by atoms with Crippen LogP contribution in [0.3, 0.4) is 0 Å². The van der Waals surface area contributed by atoms with Crippen LogP contribution >= 0.6 is 11.6 Å². The van der Waals surface area contributed by atoms with Crippen LogP contribution in [0.25, 0.3) is 0 Å². The Hall–Kier alpha value is -1.31. The van der Waals surface area contributed by atoms with Crippen molar-refractivity contribution in [2.45, 2.75) is 25.9 Å². The number of halogens is 1. The molecule has 0 saturated carbocycles. The molecular weight excluding hydrogens is 244 g/mol. The summed E-state index contributed by atoms with van der Waals surface area (Å²) in [7, 11) is 0. The highest BCUT2D eigenvalue weighted by molar-refractivity contribution is 6.31. The lowest BCUT2D eigenvalue weighted by Gasteiger charge is -2.12. The molecule has 1 N–H and O–H groups in total. The number of rotatable bonds is 4. The summed E-state index contributed by atoms with van der Waals surface area (Å²) in [6, 6.07) is 15.8. The number of hydrogen-bond acceptors (Lipinski definition) is 1. The summed E-state index contributed by atoms with van der Waals surface area (Å²) in [4.78, 5) is 0. The number of benzene rings is 2. The minimum atomic E-state index is -0.501. The molecule has 1 atom stereocenters. The van der Waals surface area contributed by atoms with E-state index in [1.54, 1.807) is 0 Å². The topological polar surface area (TPSA) is 20.2 Å². The molecule has 0 fully saturated rings. The molecule has 1 nitrogen and oxygen atoms in total. The maximum absolute atomic E-state index is 10.1. The van der Waals surface area contributed by atoms with E-state index in [0.29, 0.717) is 11.4 Å². The highest BCUT2D eigenvalue weighted by Crippen LogP contribution is 2.26. The van der Waals surface area contributed by atoms with Gasteiger partial charge >= 0.3 is 0 Å². The normalized spacial score (nSPS) is 12.4. The monoisotopic (exact) mass is 260 g/mol. The van der Waals surface area contributed by atoms with Crippen LogP contribution < -0.4 is 0 Å². The Kier molecular flexibility index (Phi) is 4.40. The van der Waals surface area contributed by atoms with Gasteiger partial charge in [0, 0.05) is 5.02 Å². The summed E-state index contributed by atoms with van der Waals surface area (Å²) in [5.74, 6) is 0. The summed E-state index contributed by atoms with van der Waals surface area (Å²) in [5.41, 5.74) is 3.31. The molecule has 1 unspecified atom stereocenters. The average molecular weight is 261 g/mol. The number of aryl methyl sites for hydroxylation is 2. The van der Waals surface area contributed by atoms with Crippen molar-refractivity contribution in [2.24, 2.45) is 0 Å². The largest absolute Gasteiger partial charge is 0.388 e. The van der Waals surface area contributed by atoms with E-state index in [1.165, 1.54) is 11.1 Å². The summed E-state index contributed by atoms with van der Waals surface area (Å²) in [6.07, 6.45) is 1.04. The summed E-state index contributed by atoms with van der Waals surface area (Å²) < 4.78 is 0. The molecule has 2 heteroatoms. The Bertz CT molecular complexity index is 522. The smallest absolute Gasteiger partial charge is 0.0807 e. The third-order valence-corrected chi connectivity index (χ3v) is 3.40. The molecule has 2 aromatic carbocycles. The van der Waals surface area contributed by atoms with Crippen LogP contribution in [0, 0.1) is 6.92 Å². The fraction of sp³-hybridized carbons (Fsp3) is 0.250. The molecule has 0 radical (unpaired) electrons. The molecule has 0 aliphatic heterocycles. The molecule has 0 saturated heterocycles. The lowest BCUT2D eigenvalue weighted by atomic mass is 10.0. The van der Waals surface area contributed by atoms with Crippen LogP contribution in [0.2, 0.25) is 5.02 Å². The summed E-state index contributed by atoms with van der Waals surface area (Å²) in [5, 5.41) is 10.8. The van der Waals surface area contributed by atoms with E-state index in [2.05, 4.69) is 25.1 Å². The second-order valence-electron chi connectivity index (χ2n) is 4.57. The molecule has 0 heterocycles. The van der Waals surface area contributed by atoms with Gasteiger partial charge in [-0.15, -0.1) is 0 Å². The minimum Gasteiger partial charge on any atom is -0.388 e. The SMILES string of the molecule is Cc1cccc(CCC(O)c2ccccc2Cl)c1. The fourth-order valence-corrected chi connectivity index (χ4v) is 2.33. The van der Waals surface area contributed by atoms with Gasteiger partial charge < -0.3 is 5.11 Å². The Labute approximate surface area is 113 Å². The Morgan fingerprint density at radius 2 is 1.89 bits per heavy atom. The van der Waals surface area contributed by atoms with Crippen LogP contribution in [-0.4, -0.2) is 5.11 Å². The first-order valence-corrected chi connectivity index (χ1v) is 6.52. The maximum Gasteiger partial charge on any atom is 0.0807 e. The van der Waals surface area contributed by atoms with E-state index in [-0.39, 0.29) is 0 Å². The highest BCUT2D eigenvalue weighted by atomic mass is 35.5. The fourth-order valence-electron chi connectivity index (χ4n) is 2.07. The van der Waals surface area contributed by atoms with Crippen LogP contribution in [0.4, 0.5) is 0 Å². The summed E-state index contributed by atoms with van der Waals surface area (Å²) in [6.45, 7) is 2.08. The van der Waals surface area contributed by atoms with Gasteiger partial charge in [0.25, 0.3) is 0 Å². The first kappa shape index (κ1) is 13.1. The van der Waals surface area contributed by atoms with Crippen molar-refractivity contribution in [3.63, 3.8) is 0 Å². The van der Waals surface area contributed by atoms with E-state index < -0.39 is 6.10 Å². The minimum absolute atomic E-state index is 0.501. The number of hydrogen-bond donors (Lipinski definition) is 1. The van der Waals surface area contributed by atoms with E-state index in [9.17, 15) is 5.11 Å². The molecule has 0 aliphatic rings. The van der Waals surface area contributed by atoms with E-state index in [0.717, 1.165) is 12.0 Å². The van der Waals surface area contributed by atoms with Crippen LogP contribution in [0.5, 0.6) is 0 Å². The Balaban J connectivity index is 2.00. The number of aliphatic hydroxyl groups is 1. The third kappa shape index (κ3) is 3.34.